The van der Waals surface area contributed by atoms with Crippen LogP contribution in [0.1, 0.15) is 15.9 Å². The van der Waals surface area contributed by atoms with Crippen LogP contribution in [0.25, 0.3) is 11.4 Å². The van der Waals surface area contributed by atoms with Crippen LogP contribution in [0.3, 0.4) is 0 Å². The Balaban J connectivity index is 0.000000203. The summed E-state index contributed by atoms with van der Waals surface area (Å²) < 4.78 is 53.4. The predicted octanol–water partition coefficient (Wildman–Crippen LogP) is 2.70. The fraction of sp³-hybridized carbons (Fsp3) is 0.176. The molecule has 0 saturated heterocycles. The Kier molecular flexibility index (Phi) is 7.15. The Morgan fingerprint density at radius 3 is 2.32 bits per heavy atom. The van der Waals surface area contributed by atoms with Gasteiger partial charge in [-0.2, -0.15) is 22.5 Å². The molecule has 7 nitrogen and oxygen atoms in total. The first-order chi connectivity index (χ1) is 13.3. The highest BCUT2D eigenvalue weighted by atomic mass is 19.4. The zero-order valence-corrected chi connectivity index (χ0v) is 14.2. The monoisotopic (exact) mass is 398 g/mol. The van der Waals surface area contributed by atoms with Crippen molar-refractivity contribution in [1.82, 2.24) is 20.4 Å². The minimum Gasteiger partial charge on any atom is -0.395 e. The van der Waals surface area contributed by atoms with E-state index in [9.17, 15) is 22.4 Å². The summed E-state index contributed by atoms with van der Waals surface area (Å²) in [6, 6.07) is 6.99. The van der Waals surface area contributed by atoms with E-state index in [4.69, 9.17) is 5.11 Å². The Morgan fingerprint density at radius 2 is 1.82 bits per heavy atom. The lowest BCUT2D eigenvalue weighted by Gasteiger charge is -2.05. The average molecular weight is 398 g/mol. The fourth-order valence-electron chi connectivity index (χ4n) is 1.89. The van der Waals surface area contributed by atoms with E-state index in [0.717, 1.165) is 30.8 Å². The van der Waals surface area contributed by atoms with Crippen molar-refractivity contribution < 1.29 is 32.0 Å². The second-order valence-electron chi connectivity index (χ2n) is 5.18. The summed E-state index contributed by atoms with van der Waals surface area (Å²) in [5.74, 6) is -0.732. The van der Waals surface area contributed by atoms with Gasteiger partial charge in [0, 0.05) is 18.3 Å². The number of aromatic nitrogens is 3. The van der Waals surface area contributed by atoms with Gasteiger partial charge in [0.1, 0.15) is 0 Å². The number of aliphatic hydroxyl groups is 1. The van der Waals surface area contributed by atoms with Crippen LogP contribution >= 0.6 is 0 Å². The van der Waals surface area contributed by atoms with Gasteiger partial charge in [-0.3, -0.25) is 4.79 Å². The van der Waals surface area contributed by atoms with Gasteiger partial charge in [0.15, 0.2) is 0 Å². The van der Waals surface area contributed by atoms with Crippen LogP contribution in [-0.4, -0.2) is 39.3 Å². The smallest absolute Gasteiger partial charge is 0.395 e. The number of nitrogens with one attached hydrogen (secondary N) is 1. The molecule has 2 N–H and O–H groups in total. The van der Waals surface area contributed by atoms with Gasteiger partial charge in [-0.1, -0.05) is 17.3 Å². The van der Waals surface area contributed by atoms with E-state index in [-0.39, 0.29) is 30.4 Å². The zero-order valence-electron chi connectivity index (χ0n) is 14.2. The van der Waals surface area contributed by atoms with Crippen molar-refractivity contribution in [1.29, 1.82) is 0 Å². The number of halogens is 4. The van der Waals surface area contributed by atoms with Gasteiger partial charge in [-0.05, 0) is 24.3 Å². The molecule has 148 valence electrons. The molecule has 0 atom stereocenters. The lowest BCUT2D eigenvalue weighted by atomic mass is 10.1. The number of carbonyl (C=O) groups is 1. The van der Waals surface area contributed by atoms with Crippen LogP contribution in [0, 0.1) is 5.95 Å². The number of hydrogen-bond donors (Lipinski definition) is 2. The van der Waals surface area contributed by atoms with Crippen LogP contribution in [0.2, 0.25) is 0 Å². The van der Waals surface area contributed by atoms with E-state index in [2.05, 4.69) is 25.0 Å². The molecule has 0 spiro atoms. The minimum atomic E-state index is -4.32. The molecule has 0 saturated carbocycles. The molecule has 11 heteroatoms. The molecule has 3 aromatic rings. The van der Waals surface area contributed by atoms with Crippen LogP contribution in [-0.2, 0) is 6.18 Å². The summed E-state index contributed by atoms with van der Waals surface area (Å²) in [6.45, 7) is 0.0522. The van der Waals surface area contributed by atoms with Crippen molar-refractivity contribution in [3.8, 4) is 11.4 Å². The van der Waals surface area contributed by atoms with Crippen molar-refractivity contribution >= 4 is 5.91 Å². The van der Waals surface area contributed by atoms with Crippen molar-refractivity contribution in [3.63, 3.8) is 0 Å². The lowest BCUT2D eigenvalue weighted by molar-refractivity contribution is -0.137. The third-order valence-corrected chi connectivity index (χ3v) is 3.22. The maximum atomic E-state index is 12.3. The largest absolute Gasteiger partial charge is 0.416 e. The molecule has 3 rings (SSSR count). The Morgan fingerprint density at radius 1 is 1.11 bits per heavy atom. The third kappa shape index (κ3) is 6.13. The van der Waals surface area contributed by atoms with Crippen molar-refractivity contribution in [2.24, 2.45) is 0 Å². The van der Waals surface area contributed by atoms with Crippen molar-refractivity contribution in [2.45, 2.75) is 6.18 Å². The number of carbonyl (C=O) groups excluding carboxylic acids is 1. The SMILES string of the molecule is FC(F)(F)c1ccc(-c2ncon2)cc1.O=C(NCCO)c1ccc(F)nc1. The number of hydrogen-bond acceptors (Lipinski definition) is 6. The van der Waals surface area contributed by atoms with E-state index >= 15 is 0 Å². The van der Waals surface area contributed by atoms with Crippen LogP contribution in [0.5, 0.6) is 0 Å². The van der Waals surface area contributed by atoms with E-state index in [1.807, 2.05) is 0 Å². The van der Waals surface area contributed by atoms with Crippen LogP contribution < -0.4 is 5.32 Å². The number of aliphatic hydroxyl groups excluding tert-OH is 1. The molecule has 0 aliphatic carbocycles. The second-order valence-corrected chi connectivity index (χ2v) is 5.18. The van der Waals surface area contributed by atoms with Crippen molar-refractivity contribution in [2.75, 3.05) is 13.2 Å². The molecule has 0 unspecified atom stereocenters. The molecule has 2 heterocycles. The number of alkyl halides is 3. The minimum absolute atomic E-state index is 0.125. The van der Waals surface area contributed by atoms with E-state index < -0.39 is 17.7 Å². The molecule has 2 aromatic heterocycles. The fourth-order valence-corrected chi connectivity index (χ4v) is 1.89. The maximum absolute atomic E-state index is 12.3. The maximum Gasteiger partial charge on any atom is 0.416 e. The first-order valence-corrected chi connectivity index (χ1v) is 7.76. The summed E-state index contributed by atoms with van der Waals surface area (Å²) in [6.07, 6.45) is -2.06. The van der Waals surface area contributed by atoms with Gasteiger partial charge in [-0.15, -0.1) is 0 Å². The molecule has 0 radical (unpaired) electrons. The topological polar surface area (TPSA) is 101 Å². The number of benzene rings is 1. The lowest BCUT2D eigenvalue weighted by Crippen LogP contribution is -2.26. The highest BCUT2D eigenvalue weighted by Gasteiger charge is 2.30. The summed E-state index contributed by atoms with van der Waals surface area (Å²) >= 11 is 0. The quantitative estimate of drug-likeness (QED) is 0.518. The van der Waals surface area contributed by atoms with E-state index in [1.54, 1.807) is 0 Å². The van der Waals surface area contributed by atoms with Crippen molar-refractivity contribution in [3.05, 3.63) is 66.1 Å². The third-order valence-electron chi connectivity index (χ3n) is 3.22. The Labute approximate surface area is 156 Å². The van der Waals surface area contributed by atoms with Gasteiger partial charge in [0.05, 0.1) is 17.7 Å². The molecule has 0 bridgehead atoms. The Hall–Kier alpha value is -3.34. The first kappa shape index (κ1) is 21.0. The summed E-state index contributed by atoms with van der Waals surface area (Å²) in [5.41, 5.74) is 0.0568. The molecule has 1 amide bonds. The highest BCUT2D eigenvalue weighted by Crippen LogP contribution is 2.30. The zero-order chi connectivity index (χ0) is 20.6. The molecule has 0 fully saturated rings. The summed E-state index contributed by atoms with van der Waals surface area (Å²) in [5, 5.41) is 14.3. The summed E-state index contributed by atoms with van der Waals surface area (Å²) in [4.78, 5) is 18.2. The van der Waals surface area contributed by atoms with E-state index in [0.29, 0.717) is 5.56 Å². The van der Waals surface area contributed by atoms with Crippen LogP contribution in [0.15, 0.2) is 53.5 Å². The van der Waals surface area contributed by atoms with Gasteiger partial charge < -0.3 is 14.9 Å². The molecular weight excluding hydrogens is 384 g/mol. The molecule has 0 aliphatic heterocycles. The second kappa shape index (κ2) is 9.55. The standard InChI is InChI=1S/C9H5F3N2O.C8H9FN2O2/c10-9(11,12)7-3-1-6(2-4-7)8-13-5-15-14-8;9-7-2-1-6(5-11-7)8(13)10-3-4-12/h1-5H;1-2,5,12H,3-4H2,(H,10,13). The van der Waals surface area contributed by atoms with Gasteiger partial charge in [0.25, 0.3) is 5.91 Å². The van der Waals surface area contributed by atoms with Crippen LogP contribution in [0.4, 0.5) is 17.6 Å². The van der Waals surface area contributed by atoms with E-state index in [1.165, 1.54) is 18.2 Å². The van der Waals surface area contributed by atoms with Gasteiger partial charge >= 0.3 is 6.18 Å². The molecule has 1 aromatic carbocycles. The highest BCUT2D eigenvalue weighted by molar-refractivity contribution is 5.93. The number of nitrogens with zero attached hydrogens (tertiary/aromatic N) is 3. The predicted molar refractivity (Wildman–Crippen MR) is 88.4 cm³/mol. The average Bonchev–Trinajstić information content (AvgIpc) is 3.21. The number of amides is 1. The Bertz CT molecular complexity index is 867. The molecule has 0 aliphatic rings. The van der Waals surface area contributed by atoms with Gasteiger partial charge in [-0.25, -0.2) is 4.98 Å². The molecule has 28 heavy (non-hydrogen) atoms. The normalized spacial score (nSPS) is 10.8. The first-order valence-electron chi connectivity index (χ1n) is 7.76. The number of pyridine rings is 1. The summed E-state index contributed by atoms with van der Waals surface area (Å²) in [7, 11) is 0. The number of rotatable bonds is 4. The van der Waals surface area contributed by atoms with Gasteiger partial charge in [0.2, 0.25) is 18.2 Å². The molecular formula is C17H14F4N4O3.